The van der Waals surface area contributed by atoms with Crippen LogP contribution in [0.5, 0.6) is 5.75 Å². The van der Waals surface area contributed by atoms with E-state index in [2.05, 4.69) is 15.9 Å². The summed E-state index contributed by atoms with van der Waals surface area (Å²) in [4.78, 5) is 0. The van der Waals surface area contributed by atoms with Gasteiger partial charge in [0, 0.05) is 11.0 Å². The van der Waals surface area contributed by atoms with Crippen LogP contribution in [0.2, 0.25) is 0 Å². The Hall–Kier alpha value is -0.620. The molecule has 0 aromatic heterocycles. The quantitative estimate of drug-likeness (QED) is 0.832. The molecule has 0 fully saturated rings. The van der Waals surface area contributed by atoms with Gasteiger partial charge in [0.15, 0.2) is 0 Å². The molecular weight excluding hydrogens is 274 g/mol. The maximum absolute atomic E-state index is 8.73. The predicted molar refractivity (Wildman–Crippen MR) is 65.5 cm³/mol. The van der Waals surface area contributed by atoms with Crippen LogP contribution in [0, 0.1) is 0 Å². The van der Waals surface area contributed by atoms with Crippen molar-refractivity contribution in [2.75, 3.05) is 26.9 Å². The molecule has 5 heteroatoms. The minimum Gasteiger partial charge on any atom is -0.497 e. The van der Waals surface area contributed by atoms with Gasteiger partial charge in [-0.15, -0.1) is 0 Å². The monoisotopic (exact) mass is 289 g/mol. The van der Waals surface area contributed by atoms with Crippen LogP contribution in [0.4, 0.5) is 0 Å². The highest BCUT2D eigenvalue weighted by atomic mass is 79.9. The lowest BCUT2D eigenvalue weighted by Crippen LogP contribution is -2.18. The molecule has 0 aliphatic carbocycles. The van der Waals surface area contributed by atoms with E-state index in [0.29, 0.717) is 6.54 Å². The zero-order chi connectivity index (χ0) is 12.0. The van der Waals surface area contributed by atoms with E-state index in [0.717, 1.165) is 15.8 Å². The van der Waals surface area contributed by atoms with Crippen molar-refractivity contribution in [3.63, 3.8) is 0 Å². The molecular formula is C11H16BrNO3. The molecule has 0 aliphatic rings. The molecule has 1 rings (SSSR count). The number of aliphatic hydroxyl groups is 1. The molecule has 16 heavy (non-hydrogen) atoms. The molecule has 90 valence electrons. The van der Waals surface area contributed by atoms with Gasteiger partial charge in [-0.05, 0) is 23.8 Å². The molecule has 1 atom stereocenters. The molecule has 3 N–H and O–H groups in total. The zero-order valence-electron chi connectivity index (χ0n) is 9.15. The Balaban J connectivity index is 2.89. The molecule has 1 aromatic carbocycles. The van der Waals surface area contributed by atoms with Crippen molar-refractivity contribution in [3.05, 3.63) is 28.2 Å². The van der Waals surface area contributed by atoms with Gasteiger partial charge in [-0.1, -0.05) is 15.9 Å². The second-order valence-corrected chi connectivity index (χ2v) is 4.06. The van der Waals surface area contributed by atoms with Gasteiger partial charge in [0.1, 0.15) is 5.75 Å². The minimum absolute atomic E-state index is 0.0158. The van der Waals surface area contributed by atoms with E-state index < -0.39 is 0 Å². The van der Waals surface area contributed by atoms with Crippen molar-refractivity contribution >= 4 is 15.9 Å². The summed E-state index contributed by atoms with van der Waals surface area (Å²) in [5.41, 5.74) is 6.56. The third-order valence-electron chi connectivity index (χ3n) is 2.17. The Morgan fingerprint density at radius 2 is 2.25 bits per heavy atom. The number of hydrogen-bond donors (Lipinski definition) is 2. The van der Waals surface area contributed by atoms with Crippen LogP contribution in [0.15, 0.2) is 22.7 Å². The standard InChI is InChI=1S/C11H16BrNO3/c1-15-8-2-3-10(12)9(6-8)11(7-13)16-5-4-14/h2-3,6,11,14H,4-5,7,13H2,1H3. The summed E-state index contributed by atoms with van der Waals surface area (Å²) in [5.74, 6) is 0.754. The predicted octanol–water partition coefficient (Wildman–Crippen LogP) is 1.47. The fourth-order valence-electron chi connectivity index (χ4n) is 1.38. The van der Waals surface area contributed by atoms with Crippen molar-refractivity contribution in [2.24, 2.45) is 5.73 Å². The van der Waals surface area contributed by atoms with Gasteiger partial charge in [-0.25, -0.2) is 0 Å². The molecule has 0 saturated heterocycles. The zero-order valence-corrected chi connectivity index (χ0v) is 10.7. The number of methoxy groups -OCH3 is 1. The van der Waals surface area contributed by atoms with Crippen LogP contribution in [-0.2, 0) is 4.74 Å². The molecule has 0 bridgehead atoms. The van der Waals surface area contributed by atoms with Crippen LogP contribution in [0.1, 0.15) is 11.7 Å². The third kappa shape index (κ3) is 3.45. The average Bonchev–Trinajstić information content (AvgIpc) is 2.32. The molecule has 1 aromatic rings. The number of rotatable bonds is 6. The highest BCUT2D eigenvalue weighted by molar-refractivity contribution is 9.10. The lowest BCUT2D eigenvalue weighted by Gasteiger charge is -2.18. The summed E-state index contributed by atoms with van der Waals surface area (Å²) in [5, 5.41) is 8.73. The lowest BCUT2D eigenvalue weighted by atomic mass is 10.1. The summed E-state index contributed by atoms with van der Waals surface area (Å²) < 4.78 is 11.5. The minimum atomic E-state index is -0.239. The topological polar surface area (TPSA) is 64.7 Å². The molecule has 1 unspecified atom stereocenters. The molecule has 0 amide bonds. The molecule has 0 spiro atoms. The first-order valence-corrected chi connectivity index (χ1v) is 5.78. The second-order valence-electron chi connectivity index (χ2n) is 3.21. The Labute approximate surface area is 103 Å². The van der Waals surface area contributed by atoms with E-state index in [1.54, 1.807) is 7.11 Å². The van der Waals surface area contributed by atoms with E-state index in [1.807, 2.05) is 18.2 Å². The van der Waals surface area contributed by atoms with Crippen molar-refractivity contribution in [3.8, 4) is 5.75 Å². The van der Waals surface area contributed by atoms with Gasteiger partial charge in [0.2, 0.25) is 0 Å². The van der Waals surface area contributed by atoms with Crippen molar-refractivity contribution in [2.45, 2.75) is 6.10 Å². The first-order chi connectivity index (χ1) is 7.72. The Bertz CT molecular complexity index is 333. The van der Waals surface area contributed by atoms with E-state index in [-0.39, 0.29) is 19.3 Å². The summed E-state index contributed by atoms with van der Waals surface area (Å²) in [6, 6.07) is 5.62. The molecule has 0 heterocycles. The fraction of sp³-hybridized carbons (Fsp3) is 0.455. The highest BCUT2D eigenvalue weighted by Crippen LogP contribution is 2.29. The third-order valence-corrected chi connectivity index (χ3v) is 2.90. The van der Waals surface area contributed by atoms with Crippen molar-refractivity contribution < 1.29 is 14.6 Å². The van der Waals surface area contributed by atoms with Gasteiger partial charge in [-0.3, -0.25) is 0 Å². The first-order valence-electron chi connectivity index (χ1n) is 4.99. The summed E-state index contributed by atoms with van der Waals surface area (Å²) in [6.45, 7) is 0.607. The van der Waals surface area contributed by atoms with Gasteiger partial charge in [-0.2, -0.15) is 0 Å². The second kappa shape index (κ2) is 6.85. The molecule has 0 saturated carbocycles. The summed E-state index contributed by atoms with van der Waals surface area (Å²) in [6.07, 6.45) is -0.239. The maximum atomic E-state index is 8.73. The van der Waals surface area contributed by atoms with Crippen molar-refractivity contribution in [1.29, 1.82) is 0 Å². The van der Waals surface area contributed by atoms with Gasteiger partial charge < -0.3 is 20.3 Å². The largest absolute Gasteiger partial charge is 0.497 e. The molecule has 0 radical (unpaired) electrons. The summed E-state index contributed by atoms with van der Waals surface area (Å²) in [7, 11) is 1.61. The molecule has 0 aliphatic heterocycles. The highest BCUT2D eigenvalue weighted by Gasteiger charge is 2.14. The number of benzene rings is 1. The number of hydrogen-bond acceptors (Lipinski definition) is 4. The first kappa shape index (κ1) is 13.4. The van der Waals surface area contributed by atoms with Gasteiger partial charge >= 0.3 is 0 Å². The number of halogens is 1. The van der Waals surface area contributed by atoms with Crippen LogP contribution in [0.3, 0.4) is 0 Å². The smallest absolute Gasteiger partial charge is 0.119 e. The average molecular weight is 290 g/mol. The Kier molecular flexibility index (Phi) is 5.76. The van der Waals surface area contributed by atoms with E-state index in [4.69, 9.17) is 20.3 Å². The van der Waals surface area contributed by atoms with Crippen LogP contribution < -0.4 is 10.5 Å². The van der Waals surface area contributed by atoms with Crippen LogP contribution >= 0.6 is 15.9 Å². The number of aliphatic hydroxyl groups excluding tert-OH is 1. The number of nitrogens with two attached hydrogens (primary N) is 1. The van der Waals surface area contributed by atoms with Crippen molar-refractivity contribution in [1.82, 2.24) is 0 Å². The van der Waals surface area contributed by atoms with E-state index in [9.17, 15) is 0 Å². The summed E-state index contributed by atoms with van der Waals surface area (Å²) >= 11 is 3.44. The SMILES string of the molecule is COc1ccc(Br)c(C(CN)OCCO)c1. The van der Waals surface area contributed by atoms with Gasteiger partial charge in [0.05, 0.1) is 26.4 Å². The van der Waals surface area contributed by atoms with Crippen LogP contribution in [0.25, 0.3) is 0 Å². The van der Waals surface area contributed by atoms with Gasteiger partial charge in [0.25, 0.3) is 0 Å². The Morgan fingerprint density at radius 1 is 1.50 bits per heavy atom. The Morgan fingerprint density at radius 3 is 2.81 bits per heavy atom. The van der Waals surface area contributed by atoms with E-state index >= 15 is 0 Å². The lowest BCUT2D eigenvalue weighted by molar-refractivity contribution is 0.0324. The number of ether oxygens (including phenoxy) is 2. The fourth-order valence-corrected chi connectivity index (χ4v) is 1.88. The molecule has 4 nitrogen and oxygen atoms in total. The van der Waals surface area contributed by atoms with Crippen LogP contribution in [-0.4, -0.2) is 32.0 Å². The maximum Gasteiger partial charge on any atom is 0.119 e. The van der Waals surface area contributed by atoms with E-state index in [1.165, 1.54) is 0 Å². The normalized spacial score (nSPS) is 12.5.